The van der Waals surface area contributed by atoms with E-state index in [1.165, 1.54) is 24.2 Å². The molecule has 4 heteroatoms. The molecule has 76 valence electrons. The molecule has 0 atom stereocenters. The summed E-state index contributed by atoms with van der Waals surface area (Å²) in [6, 6.07) is 2.93. The van der Waals surface area contributed by atoms with Gasteiger partial charge in [0.1, 0.15) is 11.5 Å². The minimum absolute atomic E-state index is 0.0434. The highest BCUT2D eigenvalue weighted by Crippen LogP contribution is 2.23. The number of nitrogens with zero attached hydrogens (tertiary/aromatic N) is 2. The van der Waals surface area contributed by atoms with Crippen LogP contribution in [0.15, 0.2) is 22.7 Å². The van der Waals surface area contributed by atoms with Crippen LogP contribution in [0.5, 0.6) is 0 Å². The molecule has 2 nitrogen and oxygen atoms in total. The first-order chi connectivity index (χ1) is 6.49. The van der Waals surface area contributed by atoms with E-state index < -0.39 is 0 Å². The fraction of sp³-hybridized carbons (Fsp3) is 0.400. The van der Waals surface area contributed by atoms with Gasteiger partial charge in [-0.3, -0.25) is 4.98 Å². The lowest BCUT2D eigenvalue weighted by Crippen LogP contribution is -2.05. The summed E-state index contributed by atoms with van der Waals surface area (Å²) in [6.07, 6.45) is 3.00. The third kappa shape index (κ3) is 3.87. The molecule has 0 N–H and O–H groups in total. The molecule has 0 unspecified atom stereocenters. The summed E-state index contributed by atoms with van der Waals surface area (Å²) in [5, 5.41) is 0. The van der Waals surface area contributed by atoms with Gasteiger partial charge in [-0.1, -0.05) is 0 Å². The van der Waals surface area contributed by atoms with Gasteiger partial charge >= 0.3 is 0 Å². The van der Waals surface area contributed by atoms with Crippen molar-refractivity contribution in [2.45, 2.75) is 25.5 Å². The van der Waals surface area contributed by atoms with Crippen molar-refractivity contribution in [3.05, 3.63) is 29.8 Å². The molecule has 0 aliphatic rings. The largest absolute Gasteiger partial charge is 0.252 e. The number of aromatic nitrogens is 1. The summed E-state index contributed by atoms with van der Waals surface area (Å²) < 4.78 is 17.2. The molecule has 0 aliphatic heterocycles. The Bertz CT molecular complexity index is 331. The van der Waals surface area contributed by atoms with Crippen LogP contribution in [-0.2, 0) is 0 Å². The molecular weight excluding hydrogens is 199 g/mol. The van der Waals surface area contributed by atoms with Crippen LogP contribution in [0, 0.1) is 5.82 Å². The second kappa shape index (κ2) is 4.55. The Balaban J connectivity index is 2.65. The Labute approximate surface area is 87.8 Å². The van der Waals surface area contributed by atoms with Gasteiger partial charge in [0, 0.05) is 10.9 Å². The van der Waals surface area contributed by atoms with Gasteiger partial charge in [0.2, 0.25) is 0 Å². The van der Waals surface area contributed by atoms with E-state index in [-0.39, 0.29) is 16.3 Å². The molecule has 0 bridgehead atoms. The van der Waals surface area contributed by atoms with Crippen molar-refractivity contribution in [3.63, 3.8) is 0 Å². The average molecular weight is 212 g/mol. The number of halogens is 1. The first kappa shape index (κ1) is 11.2. The van der Waals surface area contributed by atoms with E-state index in [0.717, 1.165) is 0 Å². The second-order valence-electron chi connectivity index (χ2n) is 3.81. The highest BCUT2D eigenvalue weighted by Gasteiger charge is 2.09. The molecule has 14 heavy (non-hydrogen) atoms. The van der Waals surface area contributed by atoms with Gasteiger partial charge in [-0.05, 0) is 44.9 Å². The number of pyridine rings is 1. The zero-order valence-corrected chi connectivity index (χ0v) is 9.31. The zero-order chi connectivity index (χ0) is 10.6. The van der Waals surface area contributed by atoms with Gasteiger partial charge in [-0.15, -0.1) is 0 Å². The first-order valence-electron chi connectivity index (χ1n) is 4.31. The van der Waals surface area contributed by atoms with Crippen LogP contribution in [0.4, 0.5) is 4.39 Å². The molecule has 0 aliphatic carbocycles. The van der Waals surface area contributed by atoms with E-state index in [0.29, 0.717) is 0 Å². The summed E-state index contributed by atoms with van der Waals surface area (Å²) in [5.41, 5.74) is 0.282. The summed E-state index contributed by atoms with van der Waals surface area (Å²) >= 11 is 1.40. The van der Waals surface area contributed by atoms with Gasteiger partial charge in [0.25, 0.3) is 0 Å². The minimum Gasteiger partial charge on any atom is -0.252 e. The molecule has 0 saturated carbocycles. The highest BCUT2D eigenvalue weighted by molar-refractivity contribution is 7.99. The van der Waals surface area contributed by atoms with E-state index >= 15 is 0 Å². The fourth-order valence-corrected chi connectivity index (χ4v) is 1.20. The van der Waals surface area contributed by atoms with E-state index in [2.05, 4.69) is 9.38 Å². The summed E-state index contributed by atoms with van der Waals surface area (Å²) in [7, 11) is 0. The van der Waals surface area contributed by atoms with Gasteiger partial charge in [0.15, 0.2) is 0 Å². The van der Waals surface area contributed by atoms with Crippen molar-refractivity contribution < 1.29 is 4.39 Å². The Morgan fingerprint density at radius 1 is 1.50 bits per heavy atom. The Kier molecular flexibility index (Phi) is 3.63. The summed E-state index contributed by atoms with van der Waals surface area (Å²) in [4.78, 5) is 3.86. The van der Waals surface area contributed by atoms with E-state index in [1.54, 1.807) is 12.3 Å². The third-order valence-electron chi connectivity index (χ3n) is 1.29. The van der Waals surface area contributed by atoms with Crippen molar-refractivity contribution in [2.75, 3.05) is 0 Å². The third-order valence-corrected chi connectivity index (χ3v) is 2.05. The molecule has 0 radical (unpaired) electrons. The highest BCUT2D eigenvalue weighted by atomic mass is 32.2. The first-order valence-corrected chi connectivity index (χ1v) is 5.08. The molecule has 0 fully saturated rings. The molecule has 0 saturated heterocycles. The SMILES string of the molecule is CC(C)(C)SN=Cc1ncccc1F. The van der Waals surface area contributed by atoms with Crippen molar-refractivity contribution in [1.82, 2.24) is 4.98 Å². The van der Waals surface area contributed by atoms with Crippen LogP contribution >= 0.6 is 11.9 Å². The lowest BCUT2D eigenvalue weighted by Gasteiger charge is -2.11. The molecular formula is C10H13FN2S. The van der Waals surface area contributed by atoms with Crippen molar-refractivity contribution in [2.24, 2.45) is 4.40 Å². The molecule has 1 heterocycles. The van der Waals surface area contributed by atoms with Gasteiger partial charge in [0.05, 0.1) is 6.21 Å². The van der Waals surface area contributed by atoms with Crippen molar-refractivity contribution in [1.29, 1.82) is 0 Å². The van der Waals surface area contributed by atoms with Gasteiger partial charge in [-0.25, -0.2) is 8.79 Å². The summed E-state index contributed by atoms with van der Waals surface area (Å²) in [6.45, 7) is 6.14. The van der Waals surface area contributed by atoms with Crippen LogP contribution in [0.25, 0.3) is 0 Å². The predicted octanol–water partition coefficient (Wildman–Crippen LogP) is 3.09. The van der Waals surface area contributed by atoms with Crippen LogP contribution in [0.1, 0.15) is 26.5 Å². The van der Waals surface area contributed by atoms with Crippen molar-refractivity contribution >= 4 is 18.2 Å². The maximum atomic E-state index is 13.0. The smallest absolute Gasteiger partial charge is 0.150 e. The second-order valence-corrected chi connectivity index (χ2v) is 5.43. The van der Waals surface area contributed by atoms with Crippen LogP contribution in [0.3, 0.4) is 0 Å². The lowest BCUT2D eigenvalue weighted by molar-refractivity contribution is 0.619. The van der Waals surface area contributed by atoms with Crippen LogP contribution in [0.2, 0.25) is 0 Å². The van der Waals surface area contributed by atoms with E-state index in [4.69, 9.17) is 0 Å². The zero-order valence-electron chi connectivity index (χ0n) is 8.49. The Hall–Kier alpha value is -0.900. The van der Waals surface area contributed by atoms with E-state index in [1.807, 2.05) is 20.8 Å². The van der Waals surface area contributed by atoms with Crippen molar-refractivity contribution in [3.8, 4) is 0 Å². The number of hydrogen-bond donors (Lipinski definition) is 0. The van der Waals surface area contributed by atoms with Crippen LogP contribution < -0.4 is 0 Å². The quantitative estimate of drug-likeness (QED) is 0.556. The molecule has 1 rings (SSSR count). The summed E-state index contributed by atoms with van der Waals surface area (Å²) in [5.74, 6) is -0.342. The predicted molar refractivity (Wildman–Crippen MR) is 59.1 cm³/mol. The molecule has 0 amide bonds. The van der Waals surface area contributed by atoms with E-state index in [9.17, 15) is 4.39 Å². The lowest BCUT2D eigenvalue weighted by atomic mass is 10.3. The molecule has 1 aromatic heterocycles. The fourth-order valence-electron chi connectivity index (χ4n) is 0.727. The van der Waals surface area contributed by atoms with Gasteiger partial charge in [-0.2, -0.15) is 0 Å². The monoisotopic (exact) mass is 212 g/mol. The molecule has 1 aromatic rings. The topological polar surface area (TPSA) is 25.2 Å². The minimum atomic E-state index is -0.342. The Morgan fingerprint density at radius 3 is 2.79 bits per heavy atom. The standard InChI is InChI=1S/C10H13FN2S/c1-10(2,3)14-13-7-9-8(11)5-4-6-12-9/h4-7H,1-3H3. The van der Waals surface area contributed by atoms with Gasteiger partial charge < -0.3 is 0 Å². The molecule has 0 spiro atoms. The Morgan fingerprint density at radius 2 is 2.21 bits per heavy atom. The number of hydrogen-bond acceptors (Lipinski definition) is 3. The maximum Gasteiger partial charge on any atom is 0.150 e. The number of rotatable bonds is 2. The average Bonchev–Trinajstić information content (AvgIpc) is 2.06. The molecule has 0 aromatic carbocycles. The normalized spacial score (nSPS) is 12.3. The van der Waals surface area contributed by atoms with Crippen LogP contribution in [-0.4, -0.2) is 15.9 Å². The maximum absolute atomic E-state index is 13.0.